The van der Waals surface area contributed by atoms with Crippen molar-refractivity contribution in [3.05, 3.63) is 108 Å². The van der Waals surface area contributed by atoms with Crippen LogP contribution in [-0.4, -0.2) is 23.0 Å². The van der Waals surface area contributed by atoms with Crippen molar-refractivity contribution in [2.24, 2.45) is 11.8 Å². The van der Waals surface area contributed by atoms with Crippen molar-refractivity contribution in [2.45, 2.75) is 85.4 Å². The third-order valence-corrected chi connectivity index (χ3v) is 11.8. The van der Waals surface area contributed by atoms with Crippen LogP contribution in [0.4, 0.5) is 0 Å². The van der Waals surface area contributed by atoms with Crippen molar-refractivity contribution in [3.8, 4) is 22.5 Å². The summed E-state index contributed by atoms with van der Waals surface area (Å²) in [5.74, 6) is 1.93. The Morgan fingerprint density at radius 3 is 2.38 bits per heavy atom. The zero-order valence-electron chi connectivity index (χ0n) is 29.4. The quantitative estimate of drug-likeness (QED) is 0.119. The van der Waals surface area contributed by atoms with Gasteiger partial charge in [0.05, 0.1) is 13.7 Å². The van der Waals surface area contributed by atoms with Crippen molar-refractivity contribution < 1.29 is 24.5 Å². The SMILES string of the molecule is C[Si](C)(C)c1cnc(-c2[c-]cccc2)cc1CC1CCCC1.Cc1ccc2c(n1)oc1c(-c3cc(C(C)C(C)C)ccn3)[c-]ccc12.[Ir]. The van der Waals surface area contributed by atoms with Crippen molar-refractivity contribution in [1.29, 1.82) is 0 Å². The number of aromatic nitrogens is 3. The summed E-state index contributed by atoms with van der Waals surface area (Å²) in [6.45, 7) is 16.0. The van der Waals surface area contributed by atoms with E-state index in [1.165, 1.54) is 37.7 Å². The number of hydrogen-bond donors (Lipinski definition) is 0. The average Bonchev–Trinajstić information content (AvgIpc) is 3.72. The molecule has 1 aliphatic rings. The molecule has 0 bridgehead atoms. The summed E-state index contributed by atoms with van der Waals surface area (Å²) in [7, 11) is -1.35. The molecule has 1 radical (unpaired) electrons. The Balaban J connectivity index is 0.000000186. The van der Waals surface area contributed by atoms with Gasteiger partial charge in [-0.3, -0.25) is 0 Å². The van der Waals surface area contributed by atoms with Gasteiger partial charge < -0.3 is 14.4 Å². The summed E-state index contributed by atoms with van der Waals surface area (Å²) in [6, 6.07) is 29.4. The van der Waals surface area contributed by atoms with E-state index in [1.807, 2.05) is 43.5 Å². The second kappa shape index (κ2) is 15.4. The number of pyridine rings is 3. The molecule has 2 aromatic carbocycles. The first-order chi connectivity index (χ1) is 22.6. The van der Waals surface area contributed by atoms with Crippen molar-refractivity contribution in [1.82, 2.24) is 15.0 Å². The fourth-order valence-corrected chi connectivity index (χ4v) is 8.31. The molecule has 251 valence electrons. The van der Waals surface area contributed by atoms with E-state index < -0.39 is 8.07 Å². The van der Waals surface area contributed by atoms with Crippen LogP contribution in [0.5, 0.6) is 0 Å². The van der Waals surface area contributed by atoms with Crippen molar-refractivity contribution >= 4 is 35.3 Å². The molecular weight excluding hydrogens is 783 g/mol. The van der Waals surface area contributed by atoms with Gasteiger partial charge in [0.2, 0.25) is 5.71 Å². The molecule has 7 rings (SSSR count). The number of hydrogen-bond acceptors (Lipinski definition) is 4. The minimum atomic E-state index is -1.35. The van der Waals surface area contributed by atoms with Gasteiger partial charge in [-0.15, -0.1) is 54.1 Å². The van der Waals surface area contributed by atoms with E-state index in [0.29, 0.717) is 17.5 Å². The minimum absolute atomic E-state index is 0. The van der Waals surface area contributed by atoms with E-state index in [0.717, 1.165) is 50.5 Å². The van der Waals surface area contributed by atoms with E-state index in [1.54, 1.807) is 10.8 Å². The van der Waals surface area contributed by atoms with Crippen LogP contribution in [0.25, 0.3) is 44.6 Å². The molecule has 0 saturated heterocycles. The van der Waals surface area contributed by atoms with Crippen LogP contribution >= 0.6 is 0 Å². The van der Waals surface area contributed by atoms with E-state index in [4.69, 9.17) is 9.40 Å². The maximum Gasteiger partial charge on any atom is 0.216 e. The summed E-state index contributed by atoms with van der Waals surface area (Å²) in [4.78, 5) is 13.8. The number of furan rings is 1. The second-order valence-electron chi connectivity index (χ2n) is 14.6. The summed E-state index contributed by atoms with van der Waals surface area (Å²) in [6.07, 6.45) is 10.9. The molecule has 48 heavy (non-hydrogen) atoms. The smallest absolute Gasteiger partial charge is 0.216 e. The van der Waals surface area contributed by atoms with Gasteiger partial charge in [-0.1, -0.05) is 100 Å². The third-order valence-electron chi connectivity index (χ3n) is 9.77. The number of benzene rings is 2. The van der Waals surface area contributed by atoms with Gasteiger partial charge in [0.15, 0.2) is 0 Å². The molecule has 1 unspecified atom stereocenters. The predicted octanol–water partition coefficient (Wildman–Crippen LogP) is 10.7. The largest absolute Gasteiger partial charge is 0.486 e. The Labute approximate surface area is 301 Å². The molecule has 4 aromatic heterocycles. The number of fused-ring (bicyclic) bond motifs is 3. The maximum atomic E-state index is 6.08. The molecule has 0 N–H and O–H groups in total. The van der Waals surface area contributed by atoms with Gasteiger partial charge in [0.25, 0.3) is 0 Å². The molecule has 0 aliphatic heterocycles. The molecule has 1 atom stereocenters. The number of nitrogens with zero attached hydrogens (tertiary/aromatic N) is 3. The Kier molecular flexibility index (Phi) is 11.5. The van der Waals surface area contributed by atoms with Gasteiger partial charge in [0, 0.05) is 43.6 Å². The monoisotopic (exact) mass is 830 g/mol. The molecule has 1 aliphatic carbocycles. The molecule has 1 fully saturated rings. The van der Waals surface area contributed by atoms with Crippen LogP contribution in [0.3, 0.4) is 0 Å². The fourth-order valence-electron chi connectivity index (χ4n) is 6.72. The molecule has 6 aromatic rings. The van der Waals surface area contributed by atoms with E-state index in [-0.39, 0.29) is 20.1 Å². The zero-order chi connectivity index (χ0) is 33.1. The Morgan fingerprint density at radius 2 is 1.67 bits per heavy atom. The zero-order valence-corrected chi connectivity index (χ0v) is 32.8. The molecule has 6 heteroatoms. The Morgan fingerprint density at radius 1 is 0.875 bits per heavy atom. The van der Waals surface area contributed by atoms with Gasteiger partial charge >= 0.3 is 0 Å². The van der Waals surface area contributed by atoms with Crippen LogP contribution in [0.2, 0.25) is 19.6 Å². The normalized spacial score (nSPS) is 14.2. The second-order valence-corrected chi connectivity index (χ2v) is 19.7. The topological polar surface area (TPSA) is 51.8 Å². The maximum absolute atomic E-state index is 6.08. The predicted molar refractivity (Wildman–Crippen MR) is 199 cm³/mol. The fraction of sp³-hybridized carbons (Fsp3) is 0.357. The average molecular weight is 830 g/mol. The van der Waals surface area contributed by atoms with Gasteiger partial charge in [-0.05, 0) is 65.9 Å². The molecule has 0 spiro atoms. The van der Waals surface area contributed by atoms with Crippen LogP contribution in [0.1, 0.15) is 69.2 Å². The van der Waals surface area contributed by atoms with Crippen LogP contribution in [-0.2, 0) is 26.5 Å². The van der Waals surface area contributed by atoms with Gasteiger partial charge in [0.1, 0.15) is 0 Å². The molecular formula is C42H47IrN3OSi-2. The summed E-state index contributed by atoms with van der Waals surface area (Å²) in [5, 5.41) is 3.63. The first kappa shape index (κ1) is 35.9. The van der Waals surface area contributed by atoms with Crippen LogP contribution < -0.4 is 5.19 Å². The van der Waals surface area contributed by atoms with Crippen molar-refractivity contribution in [2.75, 3.05) is 0 Å². The Hall–Kier alpha value is -3.44. The van der Waals surface area contributed by atoms with E-state index in [9.17, 15) is 0 Å². The first-order valence-electron chi connectivity index (χ1n) is 17.2. The van der Waals surface area contributed by atoms with E-state index in [2.05, 4.69) is 105 Å². The Bertz CT molecular complexity index is 1970. The summed E-state index contributed by atoms with van der Waals surface area (Å²) < 4.78 is 6.08. The van der Waals surface area contributed by atoms with Gasteiger partial charge in [-0.2, -0.15) is 0 Å². The summed E-state index contributed by atoms with van der Waals surface area (Å²) >= 11 is 0. The van der Waals surface area contributed by atoms with Crippen molar-refractivity contribution in [3.63, 3.8) is 0 Å². The van der Waals surface area contributed by atoms with Crippen LogP contribution in [0, 0.1) is 30.9 Å². The molecule has 0 amide bonds. The van der Waals surface area contributed by atoms with Crippen LogP contribution in [0.15, 0.2) is 83.5 Å². The van der Waals surface area contributed by atoms with E-state index >= 15 is 0 Å². The molecule has 4 nitrogen and oxygen atoms in total. The number of rotatable bonds is 7. The first-order valence-corrected chi connectivity index (χ1v) is 20.7. The molecule has 4 heterocycles. The third kappa shape index (κ3) is 8.05. The standard InChI is InChI=1S/C22H21N2O.C20H26NSi.Ir/c1-13(2)15(4)16-10-11-23-20(12-16)19-7-5-6-17-18-9-8-14(3)24-22(18)25-21(17)19;1-22(2,3)20-15-21-19(17-11-5-4-6-12-17)14-18(20)13-16-9-7-8-10-16;/h5-6,8-13,15H,1-4H3;4-6,11,14-16H,7-10,13H2,1-3H3;/q2*-1;. The van der Waals surface area contributed by atoms with Gasteiger partial charge in [-0.25, -0.2) is 4.98 Å². The minimum Gasteiger partial charge on any atom is -0.486 e. The molecule has 1 saturated carbocycles. The summed E-state index contributed by atoms with van der Waals surface area (Å²) in [5.41, 5.74) is 9.23. The number of aryl methyl sites for hydroxylation is 1.